The van der Waals surface area contributed by atoms with Crippen LogP contribution in [0.25, 0.3) is 0 Å². The monoisotopic (exact) mass is 313 g/mol. The van der Waals surface area contributed by atoms with Crippen molar-refractivity contribution in [3.63, 3.8) is 0 Å². The van der Waals surface area contributed by atoms with Gasteiger partial charge in [0.1, 0.15) is 17.4 Å². The van der Waals surface area contributed by atoms with Gasteiger partial charge in [-0.25, -0.2) is 22.2 Å². The molecule has 1 aromatic rings. The topological polar surface area (TPSA) is 46.9 Å². The average Bonchev–Trinajstić information content (AvgIpc) is 2.72. The zero-order valence-electron chi connectivity index (χ0n) is 10.4. The maximum absolute atomic E-state index is 12.9. The highest BCUT2D eigenvalue weighted by Gasteiger charge is 2.31. The smallest absolute Gasteiger partial charge is 0.283 e. The molecule has 0 saturated heterocycles. The van der Waals surface area contributed by atoms with E-state index >= 15 is 0 Å². The molecule has 1 unspecified atom stereocenters. The predicted octanol–water partition coefficient (Wildman–Crippen LogP) is 3.27. The number of carbonyl (C=O) groups is 1. The molecule has 0 bridgehead atoms. The van der Waals surface area contributed by atoms with Crippen LogP contribution in [0.1, 0.15) is 37.2 Å². The van der Waals surface area contributed by atoms with Crippen LogP contribution >= 0.6 is 11.6 Å². The third kappa shape index (κ3) is 3.30. The summed E-state index contributed by atoms with van der Waals surface area (Å²) in [6, 6.07) is -1.20. The number of carbonyl (C=O) groups excluding carboxylic acids is 1. The van der Waals surface area contributed by atoms with Gasteiger partial charge in [0.15, 0.2) is 0 Å². The Balaban J connectivity index is 3.19. The highest BCUT2D eigenvalue weighted by atomic mass is 35.5. The van der Waals surface area contributed by atoms with E-state index in [9.17, 15) is 22.4 Å². The normalized spacial score (nSPS) is 12.8. The molecule has 1 aromatic heterocycles. The fraction of sp³-hybridized carbons (Fsp3) is 0.455. The molecule has 112 valence electrons. The van der Waals surface area contributed by atoms with E-state index in [-0.39, 0.29) is 6.54 Å². The van der Waals surface area contributed by atoms with Crippen LogP contribution in [0.2, 0.25) is 5.02 Å². The summed E-state index contributed by atoms with van der Waals surface area (Å²) >= 11 is 5.48. The number of nitrogens with one attached hydrogen (secondary N) is 1. The second kappa shape index (κ2) is 6.74. The number of hydrogen-bond acceptors (Lipinski definition) is 2. The lowest BCUT2D eigenvalue weighted by molar-refractivity contribution is -0.124. The lowest BCUT2D eigenvalue weighted by atomic mass is 10.3. The second-order valence-electron chi connectivity index (χ2n) is 3.84. The largest absolute Gasteiger partial charge is 0.351 e. The molecule has 1 rings (SSSR count). The van der Waals surface area contributed by atoms with Gasteiger partial charge in [-0.2, -0.15) is 5.10 Å². The van der Waals surface area contributed by atoms with Crippen LogP contribution in [-0.2, 0) is 4.79 Å². The third-order valence-electron chi connectivity index (χ3n) is 2.49. The number of amides is 1. The molecule has 1 amide bonds. The van der Waals surface area contributed by atoms with E-state index in [4.69, 9.17) is 11.6 Å². The van der Waals surface area contributed by atoms with Crippen molar-refractivity contribution >= 4 is 17.5 Å². The fourth-order valence-electron chi connectivity index (χ4n) is 1.51. The summed E-state index contributed by atoms with van der Waals surface area (Å²) in [5.74, 6) is -0.660. The summed E-state index contributed by atoms with van der Waals surface area (Å²) in [7, 11) is 0. The Bertz CT molecular complexity index is 504. The van der Waals surface area contributed by atoms with Crippen LogP contribution in [0.4, 0.5) is 17.6 Å². The van der Waals surface area contributed by atoms with Crippen LogP contribution in [0.5, 0.6) is 0 Å². The minimum Gasteiger partial charge on any atom is -0.351 e. The summed E-state index contributed by atoms with van der Waals surface area (Å²) in [6.07, 6.45) is -4.85. The first-order valence-corrected chi connectivity index (χ1v) is 5.91. The molecule has 0 aromatic carbocycles. The van der Waals surface area contributed by atoms with E-state index in [1.54, 1.807) is 0 Å². The second-order valence-corrected chi connectivity index (χ2v) is 4.22. The van der Waals surface area contributed by atoms with E-state index in [0.29, 0.717) is 4.68 Å². The zero-order valence-corrected chi connectivity index (χ0v) is 11.2. The summed E-state index contributed by atoms with van der Waals surface area (Å²) in [4.78, 5) is 11.7. The number of alkyl halides is 4. The van der Waals surface area contributed by atoms with Gasteiger partial charge in [-0.15, -0.1) is 6.58 Å². The Morgan fingerprint density at radius 3 is 2.50 bits per heavy atom. The highest BCUT2D eigenvalue weighted by Crippen LogP contribution is 2.36. The van der Waals surface area contributed by atoms with Gasteiger partial charge in [0.25, 0.3) is 12.9 Å². The van der Waals surface area contributed by atoms with E-state index in [1.165, 1.54) is 13.0 Å². The summed E-state index contributed by atoms with van der Waals surface area (Å²) in [5.41, 5.74) is -1.87. The molecule has 0 aliphatic heterocycles. The van der Waals surface area contributed by atoms with Gasteiger partial charge in [-0.1, -0.05) is 17.7 Å². The van der Waals surface area contributed by atoms with E-state index in [0.717, 1.165) is 0 Å². The minimum absolute atomic E-state index is 0.115. The summed E-state index contributed by atoms with van der Waals surface area (Å²) in [5, 5.41) is 4.87. The molecule has 0 aliphatic carbocycles. The number of halogens is 5. The van der Waals surface area contributed by atoms with Crippen LogP contribution < -0.4 is 5.32 Å². The lowest BCUT2D eigenvalue weighted by Gasteiger charge is -2.14. The number of rotatable bonds is 6. The summed E-state index contributed by atoms with van der Waals surface area (Å²) < 4.78 is 51.6. The van der Waals surface area contributed by atoms with Crippen molar-refractivity contribution in [2.24, 2.45) is 0 Å². The standard InChI is InChI=1S/C11H12ClF4N3O/c1-3-4-17-11(20)5(2)19-8(10(15)16)6(12)7(18-19)9(13)14/h3,5,9-10H,1,4H2,2H3,(H,17,20). The maximum Gasteiger partial charge on any atom is 0.283 e. The number of nitrogens with zero attached hydrogens (tertiary/aromatic N) is 2. The fourth-order valence-corrected chi connectivity index (χ4v) is 1.80. The molecule has 0 aliphatic rings. The average molecular weight is 314 g/mol. The molecular weight excluding hydrogens is 302 g/mol. The lowest BCUT2D eigenvalue weighted by Crippen LogP contribution is -2.32. The molecule has 0 spiro atoms. The molecule has 0 fully saturated rings. The first kappa shape index (κ1) is 16.5. The van der Waals surface area contributed by atoms with Crippen LogP contribution in [0.15, 0.2) is 12.7 Å². The number of hydrogen-bond donors (Lipinski definition) is 1. The third-order valence-corrected chi connectivity index (χ3v) is 2.88. The molecule has 1 heterocycles. The minimum atomic E-state index is -3.13. The summed E-state index contributed by atoms with van der Waals surface area (Å²) in [6.45, 7) is 4.74. The molecule has 1 atom stereocenters. The van der Waals surface area contributed by atoms with Crippen molar-refractivity contribution in [2.45, 2.75) is 25.8 Å². The molecular formula is C11H12ClF4N3O. The Kier molecular flexibility index (Phi) is 5.55. The van der Waals surface area contributed by atoms with Crippen molar-refractivity contribution in [3.8, 4) is 0 Å². The van der Waals surface area contributed by atoms with Gasteiger partial charge in [-0.05, 0) is 6.92 Å². The Morgan fingerprint density at radius 2 is 2.05 bits per heavy atom. The number of aromatic nitrogens is 2. The van der Waals surface area contributed by atoms with Crippen molar-refractivity contribution < 1.29 is 22.4 Å². The van der Waals surface area contributed by atoms with Crippen LogP contribution in [0.3, 0.4) is 0 Å². The van der Waals surface area contributed by atoms with Gasteiger partial charge in [0.2, 0.25) is 5.91 Å². The Labute approximate surface area is 117 Å². The zero-order chi connectivity index (χ0) is 15.4. The molecule has 1 N–H and O–H groups in total. The van der Waals surface area contributed by atoms with Crippen molar-refractivity contribution in [1.82, 2.24) is 15.1 Å². The van der Waals surface area contributed by atoms with Gasteiger partial charge in [0.05, 0.1) is 5.02 Å². The quantitative estimate of drug-likeness (QED) is 0.647. The molecule has 4 nitrogen and oxygen atoms in total. The van der Waals surface area contributed by atoms with Gasteiger partial charge < -0.3 is 5.32 Å². The van der Waals surface area contributed by atoms with E-state index < -0.39 is 41.2 Å². The van der Waals surface area contributed by atoms with E-state index in [2.05, 4.69) is 17.0 Å². The first-order valence-electron chi connectivity index (χ1n) is 5.53. The van der Waals surface area contributed by atoms with Crippen LogP contribution in [-0.4, -0.2) is 22.2 Å². The predicted molar refractivity (Wildman–Crippen MR) is 65.1 cm³/mol. The Morgan fingerprint density at radius 1 is 1.45 bits per heavy atom. The molecule has 20 heavy (non-hydrogen) atoms. The van der Waals surface area contributed by atoms with Crippen molar-refractivity contribution in [1.29, 1.82) is 0 Å². The van der Waals surface area contributed by atoms with Gasteiger partial charge >= 0.3 is 0 Å². The molecule has 9 heteroatoms. The van der Waals surface area contributed by atoms with Gasteiger partial charge in [-0.3, -0.25) is 4.79 Å². The van der Waals surface area contributed by atoms with Crippen molar-refractivity contribution in [2.75, 3.05) is 6.54 Å². The maximum atomic E-state index is 12.9. The first-order chi connectivity index (χ1) is 9.31. The van der Waals surface area contributed by atoms with Gasteiger partial charge in [0, 0.05) is 6.54 Å². The van der Waals surface area contributed by atoms with Crippen molar-refractivity contribution in [3.05, 3.63) is 29.1 Å². The molecule has 0 saturated carbocycles. The van der Waals surface area contributed by atoms with Crippen LogP contribution in [0, 0.1) is 0 Å². The Hall–Kier alpha value is -1.57. The van der Waals surface area contributed by atoms with E-state index in [1.807, 2.05) is 0 Å². The molecule has 0 radical (unpaired) electrons. The SMILES string of the molecule is C=CCNC(=O)C(C)n1nc(C(F)F)c(Cl)c1C(F)F. The highest BCUT2D eigenvalue weighted by molar-refractivity contribution is 6.32.